The molecule has 0 radical (unpaired) electrons. The van der Waals surface area contributed by atoms with Crippen LogP contribution in [0.25, 0.3) is 11.1 Å². The Hall–Kier alpha value is -2.59. The largest absolute Gasteiger partial charge is 0.416 e. The number of rotatable bonds is 3. The number of aliphatic hydroxyl groups excluding tert-OH is 1. The van der Waals surface area contributed by atoms with E-state index >= 15 is 0 Å². The highest BCUT2D eigenvalue weighted by Gasteiger charge is 2.30. The SMILES string of the molecule is OC(c1ccc(-c2ccccc2)cc1)c1ccc(C(F)(F)F)cc1. The number of alkyl halides is 3. The van der Waals surface area contributed by atoms with Gasteiger partial charge in [-0.05, 0) is 34.4 Å². The third kappa shape index (κ3) is 3.49. The molecule has 24 heavy (non-hydrogen) atoms. The van der Waals surface area contributed by atoms with E-state index in [2.05, 4.69) is 0 Å². The van der Waals surface area contributed by atoms with Crippen molar-refractivity contribution in [2.45, 2.75) is 12.3 Å². The molecule has 1 unspecified atom stereocenters. The molecule has 0 fully saturated rings. The van der Waals surface area contributed by atoms with Gasteiger partial charge in [0.15, 0.2) is 0 Å². The smallest absolute Gasteiger partial charge is 0.384 e. The average Bonchev–Trinajstić information content (AvgIpc) is 2.61. The summed E-state index contributed by atoms with van der Waals surface area (Å²) in [5.41, 5.74) is 2.41. The lowest BCUT2D eigenvalue weighted by molar-refractivity contribution is -0.137. The van der Waals surface area contributed by atoms with Crippen LogP contribution in [0.15, 0.2) is 78.9 Å². The van der Waals surface area contributed by atoms with Gasteiger partial charge in [0.1, 0.15) is 6.10 Å². The van der Waals surface area contributed by atoms with E-state index < -0.39 is 17.8 Å². The van der Waals surface area contributed by atoms with Gasteiger partial charge in [-0.3, -0.25) is 0 Å². The number of benzene rings is 3. The summed E-state index contributed by atoms with van der Waals surface area (Å²) in [6.45, 7) is 0. The van der Waals surface area contributed by atoms with Crippen LogP contribution in [0, 0.1) is 0 Å². The predicted octanol–water partition coefficient (Wildman–Crippen LogP) is 5.45. The fraction of sp³-hybridized carbons (Fsp3) is 0.100. The van der Waals surface area contributed by atoms with Crippen LogP contribution in [0.2, 0.25) is 0 Å². The van der Waals surface area contributed by atoms with Crippen molar-refractivity contribution in [3.63, 3.8) is 0 Å². The van der Waals surface area contributed by atoms with Crippen LogP contribution in [-0.4, -0.2) is 5.11 Å². The highest BCUT2D eigenvalue weighted by Crippen LogP contribution is 2.31. The molecular formula is C20H15F3O. The molecule has 1 atom stereocenters. The van der Waals surface area contributed by atoms with E-state index in [9.17, 15) is 18.3 Å². The molecule has 0 aliphatic carbocycles. The van der Waals surface area contributed by atoms with Gasteiger partial charge in [-0.1, -0.05) is 66.7 Å². The van der Waals surface area contributed by atoms with Crippen LogP contribution in [0.5, 0.6) is 0 Å². The molecule has 0 bridgehead atoms. The highest BCUT2D eigenvalue weighted by molar-refractivity contribution is 5.63. The molecule has 1 N–H and O–H groups in total. The van der Waals surface area contributed by atoms with Crippen LogP contribution >= 0.6 is 0 Å². The second-order valence-electron chi connectivity index (χ2n) is 5.51. The van der Waals surface area contributed by atoms with Crippen LogP contribution < -0.4 is 0 Å². The summed E-state index contributed by atoms with van der Waals surface area (Å²) in [4.78, 5) is 0. The molecule has 3 aromatic carbocycles. The zero-order valence-corrected chi connectivity index (χ0v) is 12.7. The minimum atomic E-state index is -4.37. The summed E-state index contributed by atoms with van der Waals surface area (Å²) in [6, 6.07) is 21.7. The summed E-state index contributed by atoms with van der Waals surface area (Å²) in [5, 5.41) is 10.4. The minimum absolute atomic E-state index is 0.426. The topological polar surface area (TPSA) is 20.2 Å². The van der Waals surface area contributed by atoms with E-state index in [-0.39, 0.29) is 0 Å². The van der Waals surface area contributed by atoms with Gasteiger partial charge < -0.3 is 5.11 Å². The van der Waals surface area contributed by atoms with Crippen LogP contribution in [-0.2, 0) is 6.18 Å². The minimum Gasteiger partial charge on any atom is -0.384 e. The van der Waals surface area contributed by atoms with Crippen molar-refractivity contribution in [3.05, 3.63) is 95.6 Å². The fourth-order valence-electron chi connectivity index (χ4n) is 2.54. The Morgan fingerprint density at radius 3 is 1.58 bits per heavy atom. The van der Waals surface area contributed by atoms with E-state index in [4.69, 9.17) is 0 Å². The molecule has 3 rings (SSSR count). The van der Waals surface area contributed by atoms with Crippen LogP contribution in [0.4, 0.5) is 13.2 Å². The molecule has 1 nitrogen and oxygen atoms in total. The summed E-state index contributed by atoms with van der Waals surface area (Å²) in [7, 11) is 0. The zero-order valence-electron chi connectivity index (χ0n) is 12.7. The van der Waals surface area contributed by atoms with Crippen molar-refractivity contribution in [1.82, 2.24) is 0 Å². The first-order valence-corrected chi connectivity index (χ1v) is 7.46. The van der Waals surface area contributed by atoms with Crippen molar-refractivity contribution >= 4 is 0 Å². The molecule has 0 heterocycles. The van der Waals surface area contributed by atoms with Gasteiger partial charge in [0.2, 0.25) is 0 Å². The van der Waals surface area contributed by atoms with E-state index in [1.54, 1.807) is 12.1 Å². The first-order valence-electron chi connectivity index (χ1n) is 7.46. The van der Waals surface area contributed by atoms with Crippen molar-refractivity contribution in [3.8, 4) is 11.1 Å². The first kappa shape index (κ1) is 16.3. The van der Waals surface area contributed by atoms with Gasteiger partial charge in [0.25, 0.3) is 0 Å². The van der Waals surface area contributed by atoms with Crippen molar-refractivity contribution in [2.75, 3.05) is 0 Å². The van der Waals surface area contributed by atoms with Gasteiger partial charge in [0.05, 0.1) is 5.56 Å². The van der Waals surface area contributed by atoms with E-state index in [1.165, 1.54) is 12.1 Å². The van der Waals surface area contributed by atoms with E-state index in [0.29, 0.717) is 11.1 Å². The molecular weight excluding hydrogens is 313 g/mol. The lowest BCUT2D eigenvalue weighted by Gasteiger charge is -2.14. The number of halogens is 3. The maximum Gasteiger partial charge on any atom is 0.416 e. The molecule has 4 heteroatoms. The second kappa shape index (κ2) is 6.49. The molecule has 0 aliphatic rings. The summed E-state index contributed by atoms with van der Waals surface area (Å²) in [5.74, 6) is 0. The molecule has 3 aromatic rings. The lowest BCUT2D eigenvalue weighted by atomic mass is 9.97. The average molecular weight is 328 g/mol. The summed E-state index contributed by atoms with van der Waals surface area (Å²) >= 11 is 0. The normalized spacial score (nSPS) is 12.8. The Labute approximate surface area is 138 Å². The number of aliphatic hydroxyl groups is 1. The standard InChI is InChI=1S/C20H15F3O/c21-20(22,23)18-12-10-17(11-13-18)19(24)16-8-6-15(7-9-16)14-4-2-1-3-5-14/h1-13,19,24H. The van der Waals surface area contributed by atoms with Gasteiger partial charge in [-0.2, -0.15) is 13.2 Å². The molecule has 0 aromatic heterocycles. The third-order valence-electron chi connectivity index (χ3n) is 3.89. The maximum absolute atomic E-state index is 12.6. The molecule has 0 aliphatic heterocycles. The lowest BCUT2D eigenvalue weighted by Crippen LogP contribution is -2.06. The van der Waals surface area contributed by atoms with Crippen LogP contribution in [0.3, 0.4) is 0 Å². The Balaban J connectivity index is 1.81. The van der Waals surface area contributed by atoms with Crippen LogP contribution in [0.1, 0.15) is 22.8 Å². The Morgan fingerprint density at radius 2 is 1.08 bits per heavy atom. The number of hydrogen-bond donors (Lipinski definition) is 1. The Morgan fingerprint density at radius 1 is 0.625 bits per heavy atom. The molecule has 0 saturated carbocycles. The monoisotopic (exact) mass is 328 g/mol. The maximum atomic E-state index is 12.6. The predicted molar refractivity (Wildman–Crippen MR) is 87.4 cm³/mol. The van der Waals surface area contributed by atoms with Crippen molar-refractivity contribution in [1.29, 1.82) is 0 Å². The number of hydrogen-bond acceptors (Lipinski definition) is 1. The van der Waals surface area contributed by atoms with Gasteiger partial charge in [-0.25, -0.2) is 0 Å². The van der Waals surface area contributed by atoms with Gasteiger partial charge in [-0.15, -0.1) is 0 Å². The van der Waals surface area contributed by atoms with E-state index in [0.717, 1.165) is 23.3 Å². The van der Waals surface area contributed by atoms with Crippen molar-refractivity contribution < 1.29 is 18.3 Å². The van der Waals surface area contributed by atoms with E-state index in [1.807, 2.05) is 42.5 Å². The summed E-state index contributed by atoms with van der Waals surface area (Å²) in [6.07, 6.45) is -5.34. The van der Waals surface area contributed by atoms with Gasteiger partial charge in [0, 0.05) is 0 Å². The Kier molecular flexibility index (Phi) is 4.40. The third-order valence-corrected chi connectivity index (χ3v) is 3.89. The highest BCUT2D eigenvalue weighted by atomic mass is 19.4. The Bertz CT molecular complexity index is 791. The zero-order chi connectivity index (χ0) is 17.2. The fourth-order valence-corrected chi connectivity index (χ4v) is 2.54. The van der Waals surface area contributed by atoms with Crippen molar-refractivity contribution in [2.24, 2.45) is 0 Å². The molecule has 122 valence electrons. The molecule has 0 amide bonds. The second-order valence-corrected chi connectivity index (χ2v) is 5.51. The first-order chi connectivity index (χ1) is 11.4. The van der Waals surface area contributed by atoms with Gasteiger partial charge >= 0.3 is 6.18 Å². The summed E-state index contributed by atoms with van der Waals surface area (Å²) < 4.78 is 37.8. The molecule has 0 spiro atoms. The quantitative estimate of drug-likeness (QED) is 0.677. The molecule has 0 saturated heterocycles.